The second kappa shape index (κ2) is 9.44. The number of allylic oxidation sites excluding steroid dienone is 2. The average molecular weight is 523 g/mol. The molecule has 40 heavy (non-hydrogen) atoms. The van der Waals surface area contributed by atoms with Crippen LogP contribution in [0.25, 0.3) is 22.3 Å². The maximum atomic E-state index is 7.72. The lowest BCUT2D eigenvalue weighted by Gasteiger charge is -2.42. The molecular formula is C38H34O2. The van der Waals surface area contributed by atoms with Crippen LogP contribution in [-0.4, -0.2) is 17.5 Å². The first-order valence-electron chi connectivity index (χ1n) is 14.9. The van der Waals surface area contributed by atoms with Crippen LogP contribution in [0.1, 0.15) is 60.8 Å². The van der Waals surface area contributed by atoms with Gasteiger partial charge in [-0.15, -0.1) is 0 Å². The molecule has 198 valence electrons. The smallest absolute Gasteiger partial charge is 0.173 e. The predicted octanol–water partition coefficient (Wildman–Crippen LogP) is 9.06. The standard InChI is InChI=1S/C38H34O2/c1-5-15-27(16-6-1)33-34(28-17-7-2-8-18-28)36(30-21-11-4-12-22-30)38(35(33)29-19-9-3-10-20-29)32-25-24-31-23-13-14-26-37(31,39-32)40-38/h1-12,15-22,31-32H,13-14,23-26H2/t31-,32+,37+/m1/s1. The molecule has 2 aliphatic heterocycles. The Morgan fingerprint density at radius 2 is 0.975 bits per heavy atom. The summed E-state index contributed by atoms with van der Waals surface area (Å²) in [4.78, 5) is 0. The molecule has 3 atom stereocenters. The second-order valence-electron chi connectivity index (χ2n) is 11.7. The number of rotatable bonds is 4. The van der Waals surface area contributed by atoms with Gasteiger partial charge in [-0.05, 0) is 59.1 Å². The van der Waals surface area contributed by atoms with Gasteiger partial charge in [0.15, 0.2) is 11.4 Å². The maximum Gasteiger partial charge on any atom is 0.173 e. The number of ether oxygens (including phenoxy) is 2. The van der Waals surface area contributed by atoms with E-state index in [1.165, 1.54) is 57.4 Å². The van der Waals surface area contributed by atoms with E-state index in [1.54, 1.807) is 0 Å². The summed E-state index contributed by atoms with van der Waals surface area (Å²) in [5, 5.41) is 0. The Bertz CT molecular complexity index is 1490. The van der Waals surface area contributed by atoms with Gasteiger partial charge in [0.1, 0.15) is 0 Å². The molecule has 2 bridgehead atoms. The van der Waals surface area contributed by atoms with Crippen molar-refractivity contribution >= 4 is 22.3 Å². The summed E-state index contributed by atoms with van der Waals surface area (Å²) in [6.45, 7) is 0. The van der Waals surface area contributed by atoms with Crippen LogP contribution >= 0.6 is 0 Å². The van der Waals surface area contributed by atoms with Gasteiger partial charge >= 0.3 is 0 Å². The molecule has 2 heteroatoms. The molecule has 4 aromatic rings. The highest BCUT2D eigenvalue weighted by Gasteiger charge is 2.68. The SMILES string of the molecule is c1ccc(C2=C(c3ccccc3)C3(O[C@@]45CCCC[C@@H]4CC[C@@H]3O5)C(c3ccccc3)=C2c2ccccc2)cc1. The highest BCUT2D eigenvalue weighted by atomic mass is 16.8. The molecule has 0 amide bonds. The number of benzene rings is 4. The summed E-state index contributed by atoms with van der Waals surface area (Å²) in [5.41, 5.74) is 9.18. The van der Waals surface area contributed by atoms with E-state index in [-0.39, 0.29) is 6.10 Å². The van der Waals surface area contributed by atoms with Gasteiger partial charge in [0.25, 0.3) is 0 Å². The summed E-state index contributed by atoms with van der Waals surface area (Å²) in [6.07, 6.45) is 6.71. The zero-order valence-electron chi connectivity index (χ0n) is 22.8. The van der Waals surface area contributed by atoms with Crippen LogP contribution in [0.2, 0.25) is 0 Å². The van der Waals surface area contributed by atoms with E-state index in [9.17, 15) is 0 Å². The molecule has 0 N–H and O–H groups in total. The van der Waals surface area contributed by atoms with Crippen LogP contribution in [0.5, 0.6) is 0 Å². The lowest BCUT2D eigenvalue weighted by molar-refractivity contribution is -0.243. The molecule has 4 aromatic carbocycles. The number of fused-ring (bicyclic) bond motifs is 2. The summed E-state index contributed by atoms with van der Waals surface area (Å²) in [6, 6.07) is 43.7. The molecule has 2 aliphatic carbocycles. The van der Waals surface area contributed by atoms with E-state index in [1.807, 2.05) is 0 Å². The number of hydrogen-bond acceptors (Lipinski definition) is 2. The molecule has 0 aromatic heterocycles. The largest absolute Gasteiger partial charge is 0.343 e. The Hall–Kier alpha value is -3.72. The van der Waals surface area contributed by atoms with E-state index in [0.717, 1.165) is 25.7 Å². The molecule has 2 spiro atoms. The molecule has 4 aliphatic rings. The van der Waals surface area contributed by atoms with E-state index < -0.39 is 11.4 Å². The Labute approximate surface area is 237 Å². The normalized spacial score (nSPS) is 26.8. The van der Waals surface area contributed by atoms with Crippen molar-refractivity contribution in [3.63, 3.8) is 0 Å². The van der Waals surface area contributed by atoms with Crippen molar-refractivity contribution in [1.29, 1.82) is 0 Å². The van der Waals surface area contributed by atoms with E-state index in [0.29, 0.717) is 5.92 Å². The van der Waals surface area contributed by atoms with Gasteiger partial charge < -0.3 is 9.47 Å². The Morgan fingerprint density at radius 1 is 0.500 bits per heavy atom. The highest BCUT2D eigenvalue weighted by molar-refractivity contribution is 6.31. The van der Waals surface area contributed by atoms with Gasteiger partial charge in [-0.2, -0.15) is 0 Å². The zero-order chi connectivity index (χ0) is 26.6. The van der Waals surface area contributed by atoms with Crippen molar-refractivity contribution in [1.82, 2.24) is 0 Å². The fourth-order valence-corrected chi connectivity index (χ4v) is 8.03. The molecule has 3 fully saturated rings. The Morgan fingerprint density at radius 3 is 1.48 bits per heavy atom. The fourth-order valence-electron chi connectivity index (χ4n) is 8.03. The minimum atomic E-state index is -0.703. The van der Waals surface area contributed by atoms with Gasteiger partial charge in [0.05, 0.1) is 6.10 Å². The quantitative estimate of drug-likeness (QED) is 0.266. The summed E-state index contributed by atoms with van der Waals surface area (Å²) >= 11 is 0. The maximum absolute atomic E-state index is 7.72. The van der Waals surface area contributed by atoms with Crippen molar-refractivity contribution in [2.75, 3.05) is 0 Å². The molecule has 2 nitrogen and oxygen atoms in total. The Kier molecular flexibility index (Phi) is 5.69. The van der Waals surface area contributed by atoms with Crippen LogP contribution in [0.3, 0.4) is 0 Å². The van der Waals surface area contributed by atoms with E-state index in [4.69, 9.17) is 9.47 Å². The minimum absolute atomic E-state index is 0.0489. The van der Waals surface area contributed by atoms with Crippen molar-refractivity contribution < 1.29 is 9.47 Å². The predicted molar refractivity (Wildman–Crippen MR) is 162 cm³/mol. The molecule has 2 saturated heterocycles. The highest BCUT2D eigenvalue weighted by Crippen LogP contribution is 2.67. The van der Waals surface area contributed by atoms with Crippen LogP contribution in [-0.2, 0) is 9.47 Å². The van der Waals surface area contributed by atoms with Gasteiger partial charge in [0.2, 0.25) is 0 Å². The summed E-state index contributed by atoms with van der Waals surface area (Å²) < 4.78 is 14.9. The minimum Gasteiger partial charge on any atom is -0.343 e. The third-order valence-corrected chi connectivity index (χ3v) is 9.60. The second-order valence-corrected chi connectivity index (χ2v) is 11.7. The summed E-state index contributed by atoms with van der Waals surface area (Å²) in [7, 11) is 0. The van der Waals surface area contributed by atoms with Gasteiger partial charge in [0, 0.05) is 23.5 Å². The first-order valence-corrected chi connectivity index (χ1v) is 14.9. The molecule has 2 heterocycles. The molecule has 0 radical (unpaired) electrons. The van der Waals surface area contributed by atoms with Crippen molar-refractivity contribution in [3.05, 3.63) is 144 Å². The molecule has 8 rings (SSSR count). The number of hydrogen-bond donors (Lipinski definition) is 0. The van der Waals surface area contributed by atoms with Crippen molar-refractivity contribution in [2.24, 2.45) is 5.92 Å². The Balaban J connectivity index is 1.52. The monoisotopic (exact) mass is 522 g/mol. The lowest BCUT2D eigenvalue weighted by Crippen LogP contribution is -2.44. The molecular weight excluding hydrogens is 488 g/mol. The first-order chi connectivity index (χ1) is 19.8. The van der Waals surface area contributed by atoms with Crippen LogP contribution < -0.4 is 0 Å². The van der Waals surface area contributed by atoms with E-state index in [2.05, 4.69) is 121 Å². The third-order valence-electron chi connectivity index (χ3n) is 9.60. The topological polar surface area (TPSA) is 18.5 Å². The summed E-state index contributed by atoms with van der Waals surface area (Å²) in [5.74, 6) is -0.0679. The molecule has 1 saturated carbocycles. The molecule has 0 unspecified atom stereocenters. The van der Waals surface area contributed by atoms with Crippen LogP contribution in [0.15, 0.2) is 121 Å². The zero-order valence-corrected chi connectivity index (χ0v) is 22.8. The average Bonchev–Trinajstić information content (AvgIpc) is 3.46. The van der Waals surface area contributed by atoms with Gasteiger partial charge in [-0.1, -0.05) is 128 Å². The third kappa shape index (κ3) is 3.49. The fraction of sp³-hybridized carbons (Fsp3) is 0.263. The van der Waals surface area contributed by atoms with Gasteiger partial charge in [-0.3, -0.25) is 0 Å². The van der Waals surface area contributed by atoms with E-state index >= 15 is 0 Å². The van der Waals surface area contributed by atoms with Crippen LogP contribution in [0, 0.1) is 5.92 Å². The van der Waals surface area contributed by atoms with Gasteiger partial charge in [-0.25, -0.2) is 0 Å². The first kappa shape index (κ1) is 24.1. The van der Waals surface area contributed by atoms with Crippen molar-refractivity contribution in [3.8, 4) is 0 Å². The lowest BCUT2D eigenvalue weighted by atomic mass is 9.75. The van der Waals surface area contributed by atoms with Crippen LogP contribution in [0.4, 0.5) is 0 Å². The van der Waals surface area contributed by atoms with Crippen molar-refractivity contribution in [2.45, 2.75) is 56.0 Å².